The van der Waals surface area contributed by atoms with E-state index in [0.29, 0.717) is 12.3 Å². The van der Waals surface area contributed by atoms with Crippen molar-refractivity contribution in [2.45, 2.75) is 33.6 Å². The summed E-state index contributed by atoms with van der Waals surface area (Å²) in [7, 11) is 0. The molecule has 0 unspecified atom stereocenters. The molecule has 0 aliphatic rings. The van der Waals surface area contributed by atoms with Gasteiger partial charge in [0.25, 0.3) is 6.43 Å². The number of nitrogens with one attached hydrogen (secondary N) is 1. The zero-order valence-electron chi connectivity index (χ0n) is 8.61. The van der Waals surface area contributed by atoms with Gasteiger partial charge in [0.2, 0.25) is 0 Å². The monoisotopic (exact) mass is 191 g/mol. The molecular formula is C10H19F2N. The Hall–Kier alpha value is -0.440. The van der Waals surface area contributed by atoms with Crippen molar-refractivity contribution >= 4 is 0 Å². The summed E-state index contributed by atoms with van der Waals surface area (Å²) in [4.78, 5) is 0. The fourth-order valence-electron chi connectivity index (χ4n) is 0.882. The first kappa shape index (κ1) is 12.6. The molecule has 0 radical (unpaired) electrons. The molecule has 0 aromatic rings. The van der Waals surface area contributed by atoms with Crippen molar-refractivity contribution in [2.75, 3.05) is 13.1 Å². The topological polar surface area (TPSA) is 12.0 Å². The Labute approximate surface area is 79.2 Å². The van der Waals surface area contributed by atoms with Gasteiger partial charge in [0.1, 0.15) is 0 Å². The largest absolute Gasteiger partial charge is 0.316 e. The lowest BCUT2D eigenvalue weighted by Crippen LogP contribution is -2.20. The minimum atomic E-state index is -2.30. The Bertz CT molecular complexity index is 153. The minimum absolute atomic E-state index is 0.173. The normalized spacial score (nSPS) is 13.0. The smallest absolute Gasteiger partial charge is 0.259 e. The lowest BCUT2D eigenvalue weighted by molar-refractivity contribution is 0.189. The molecule has 0 aliphatic heterocycles. The molecule has 3 heteroatoms. The van der Waals surface area contributed by atoms with Gasteiger partial charge in [0, 0.05) is 0 Å². The van der Waals surface area contributed by atoms with Gasteiger partial charge in [-0.05, 0) is 37.9 Å². The summed E-state index contributed by atoms with van der Waals surface area (Å²) < 4.78 is 24.0. The Morgan fingerprint density at radius 3 is 2.46 bits per heavy atom. The SMILES string of the molecule is C/C(=C/CCNCC(C)C)C(F)F. The maximum Gasteiger partial charge on any atom is 0.259 e. The maximum absolute atomic E-state index is 12.0. The standard InChI is InChI=1S/C10H19F2N/c1-8(2)7-13-6-4-5-9(3)10(11)12/h5,8,10,13H,4,6-7H2,1-3H3/b9-5-. The second kappa shape index (κ2) is 7.01. The molecule has 1 N–H and O–H groups in total. The van der Waals surface area contributed by atoms with E-state index in [1.807, 2.05) is 0 Å². The van der Waals surface area contributed by atoms with Gasteiger partial charge in [-0.15, -0.1) is 0 Å². The highest BCUT2D eigenvalue weighted by Crippen LogP contribution is 2.07. The van der Waals surface area contributed by atoms with Crippen molar-refractivity contribution in [1.29, 1.82) is 0 Å². The maximum atomic E-state index is 12.0. The molecule has 0 aromatic heterocycles. The number of hydrogen-bond acceptors (Lipinski definition) is 1. The average molecular weight is 191 g/mol. The van der Waals surface area contributed by atoms with Crippen LogP contribution in [-0.4, -0.2) is 19.5 Å². The molecule has 0 rings (SSSR count). The minimum Gasteiger partial charge on any atom is -0.316 e. The van der Waals surface area contributed by atoms with Gasteiger partial charge in [-0.1, -0.05) is 19.9 Å². The summed E-state index contributed by atoms with van der Waals surface area (Å²) in [5.41, 5.74) is 0.173. The van der Waals surface area contributed by atoms with Crippen LogP contribution in [0.25, 0.3) is 0 Å². The lowest BCUT2D eigenvalue weighted by Gasteiger charge is -2.05. The fraction of sp³-hybridized carbons (Fsp3) is 0.800. The molecule has 0 atom stereocenters. The van der Waals surface area contributed by atoms with Crippen molar-refractivity contribution in [3.63, 3.8) is 0 Å². The molecule has 0 spiro atoms. The van der Waals surface area contributed by atoms with Gasteiger partial charge < -0.3 is 5.32 Å². The third kappa shape index (κ3) is 7.91. The van der Waals surface area contributed by atoms with E-state index in [9.17, 15) is 8.78 Å². The van der Waals surface area contributed by atoms with Crippen molar-refractivity contribution in [2.24, 2.45) is 5.92 Å². The third-order valence-corrected chi connectivity index (χ3v) is 1.68. The molecule has 0 aromatic carbocycles. The molecule has 0 bridgehead atoms. The van der Waals surface area contributed by atoms with Crippen LogP contribution in [0.3, 0.4) is 0 Å². The highest BCUT2D eigenvalue weighted by Gasteiger charge is 2.02. The van der Waals surface area contributed by atoms with Gasteiger partial charge in [0.15, 0.2) is 0 Å². The highest BCUT2D eigenvalue weighted by molar-refractivity contribution is 5.00. The van der Waals surface area contributed by atoms with E-state index in [-0.39, 0.29) is 5.57 Å². The third-order valence-electron chi connectivity index (χ3n) is 1.68. The van der Waals surface area contributed by atoms with E-state index in [4.69, 9.17) is 0 Å². The van der Waals surface area contributed by atoms with Gasteiger partial charge >= 0.3 is 0 Å². The summed E-state index contributed by atoms with van der Waals surface area (Å²) in [5.74, 6) is 0.611. The molecule has 0 saturated heterocycles. The predicted molar refractivity (Wildman–Crippen MR) is 52.1 cm³/mol. The van der Waals surface area contributed by atoms with E-state index >= 15 is 0 Å². The van der Waals surface area contributed by atoms with E-state index in [0.717, 1.165) is 13.1 Å². The summed E-state index contributed by atoms with van der Waals surface area (Å²) in [6.07, 6.45) is -0.0222. The first-order valence-electron chi connectivity index (χ1n) is 4.69. The Balaban J connectivity index is 3.39. The molecular weight excluding hydrogens is 172 g/mol. The van der Waals surface area contributed by atoms with Crippen LogP contribution < -0.4 is 5.32 Å². The molecule has 1 nitrogen and oxygen atoms in total. The predicted octanol–water partition coefficient (Wildman–Crippen LogP) is 2.83. The van der Waals surface area contributed by atoms with Crippen molar-refractivity contribution in [3.8, 4) is 0 Å². The van der Waals surface area contributed by atoms with Crippen LogP contribution in [0.15, 0.2) is 11.6 Å². The first-order chi connectivity index (χ1) is 6.04. The number of hydrogen-bond donors (Lipinski definition) is 1. The van der Waals surface area contributed by atoms with Crippen LogP contribution in [0, 0.1) is 5.92 Å². The Kier molecular flexibility index (Phi) is 6.77. The number of halogens is 2. The van der Waals surface area contributed by atoms with Gasteiger partial charge in [0.05, 0.1) is 0 Å². The quantitative estimate of drug-likeness (QED) is 0.503. The average Bonchev–Trinajstić information content (AvgIpc) is 2.02. The van der Waals surface area contributed by atoms with Gasteiger partial charge in [-0.3, -0.25) is 0 Å². The molecule has 0 saturated carbocycles. The summed E-state index contributed by atoms with van der Waals surface area (Å²) in [6.45, 7) is 7.43. The van der Waals surface area contributed by atoms with Crippen LogP contribution in [0.2, 0.25) is 0 Å². The van der Waals surface area contributed by atoms with Crippen LogP contribution in [0.4, 0.5) is 8.78 Å². The van der Waals surface area contributed by atoms with Gasteiger partial charge in [-0.25, -0.2) is 8.78 Å². The molecule has 0 heterocycles. The molecule has 13 heavy (non-hydrogen) atoms. The number of rotatable bonds is 6. The van der Waals surface area contributed by atoms with Crippen molar-refractivity contribution in [1.82, 2.24) is 5.32 Å². The molecule has 0 amide bonds. The molecule has 78 valence electrons. The van der Waals surface area contributed by atoms with Gasteiger partial charge in [-0.2, -0.15) is 0 Å². The Morgan fingerprint density at radius 2 is 2.00 bits per heavy atom. The molecule has 0 fully saturated rings. The van der Waals surface area contributed by atoms with Crippen LogP contribution in [0.5, 0.6) is 0 Å². The van der Waals surface area contributed by atoms with Crippen molar-refractivity contribution < 1.29 is 8.78 Å². The highest BCUT2D eigenvalue weighted by atomic mass is 19.3. The van der Waals surface area contributed by atoms with Crippen LogP contribution >= 0.6 is 0 Å². The number of alkyl halides is 2. The van der Waals surface area contributed by atoms with E-state index in [1.165, 1.54) is 6.92 Å². The molecule has 0 aliphatic carbocycles. The first-order valence-corrected chi connectivity index (χ1v) is 4.69. The van der Waals surface area contributed by atoms with E-state index < -0.39 is 6.43 Å². The Morgan fingerprint density at radius 1 is 1.38 bits per heavy atom. The van der Waals surface area contributed by atoms with Crippen LogP contribution in [-0.2, 0) is 0 Å². The zero-order valence-corrected chi connectivity index (χ0v) is 8.61. The van der Waals surface area contributed by atoms with E-state index in [2.05, 4.69) is 19.2 Å². The summed E-state index contributed by atoms with van der Waals surface area (Å²) in [5, 5.41) is 3.19. The second-order valence-corrected chi connectivity index (χ2v) is 3.64. The number of allylic oxidation sites excluding steroid dienone is 1. The summed E-state index contributed by atoms with van der Waals surface area (Å²) >= 11 is 0. The lowest BCUT2D eigenvalue weighted by atomic mass is 10.2. The zero-order chi connectivity index (χ0) is 10.3. The summed E-state index contributed by atoms with van der Waals surface area (Å²) in [6, 6.07) is 0. The van der Waals surface area contributed by atoms with Crippen LogP contribution in [0.1, 0.15) is 27.2 Å². The fourth-order valence-corrected chi connectivity index (χ4v) is 0.882. The second-order valence-electron chi connectivity index (χ2n) is 3.64. The van der Waals surface area contributed by atoms with E-state index in [1.54, 1.807) is 6.08 Å². The van der Waals surface area contributed by atoms with Crippen molar-refractivity contribution in [3.05, 3.63) is 11.6 Å².